The molecule has 0 aliphatic heterocycles. The van der Waals surface area contributed by atoms with E-state index in [1.807, 2.05) is 0 Å². The number of aliphatic carboxylic acids is 1. The predicted molar refractivity (Wildman–Crippen MR) is 119 cm³/mol. The summed E-state index contributed by atoms with van der Waals surface area (Å²) in [4.78, 5) is 34.6. The van der Waals surface area contributed by atoms with Crippen LogP contribution in [0, 0.1) is 0 Å². The molecule has 1 unspecified atom stereocenters. The second-order valence-electron chi connectivity index (χ2n) is 7.33. The van der Waals surface area contributed by atoms with Gasteiger partial charge in [0.15, 0.2) is 0 Å². The summed E-state index contributed by atoms with van der Waals surface area (Å²) in [5.74, 6) is -1.15. The Morgan fingerprint density at radius 1 is 0.938 bits per heavy atom. The molecule has 0 saturated carbocycles. The van der Waals surface area contributed by atoms with E-state index < -0.39 is 12.1 Å². The second kappa shape index (κ2) is 15.0. The predicted octanol–water partition coefficient (Wildman–Crippen LogP) is 3.36. The number of anilines is 1. The summed E-state index contributed by atoms with van der Waals surface area (Å²) in [5.41, 5.74) is 1.02. The molecular formula is C23H32N2O7. The van der Waals surface area contributed by atoms with Crippen molar-refractivity contribution in [3.05, 3.63) is 42.0 Å². The van der Waals surface area contributed by atoms with E-state index in [2.05, 4.69) is 22.8 Å². The van der Waals surface area contributed by atoms with E-state index in [1.165, 1.54) is 0 Å². The van der Waals surface area contributed by atoms with E-state index in [0.29, 0.717) is 37.6 Å². The molecule has 0 fully saturated rings. The molecule has 1 atom stereocenters. The van der Waals surface area contributed by atoms with Crippen LogP contribution in [0.25, 0.3) is 0 Å². The van der Waals surface area contributed by atoms with Gasteiger partial charge in [0.1, 0.15) is 6.10 Å². The Kier molecular flexibility index (Phi) is 11.9. The molecule has 0 bridgehead atoms. The van der Waals surface area contributed by atoms with Crippen molar-refractivity contribution in [2.24, 2.45) is 0 Å². The van der Waals surface area contributed by atoms with Crippen LogP contribution < -0.4 is 10.6 Å². The quantitative estimate of drug-likeness (QED) is 0.331. The van der Waals surface area contributed by atoms with Gasteiger partial charge in [-0.15, -0.1) is 0 Å². The first-order valence-corrected chi connectivity index (χ1v) is 10.9. The number of carbonyl (C=O) groups excluding carboxylic acids is 2. The van der Waals surface area contributed by atoms with Crippen LogP contribution in [-0.4, -0.2) is 62.2 Å². The summed E-state index contributed by atoms with van der Waals surface area (Å²) in [7, 11) is 0. The van der Waals surface area contributed by atoms with Crippen LogP contribution in [0.5, 0.6) is 0 Å². The van der Waals surface area contributed by atoms with Crippen molar-refractivity contribution in [1.82, 2.24) is 5.32 Å². The van der Waals surface area contributed by atoms with Crippen LogP contribution in [0.3, 0.4) is 0 Å². The Bertz CT molecular complexity index is 749. The number of hydrogen-bond donors (Lipinski definition) is 3. The van der Waals surface area contributed by atoms with E-state index in [4.69, 9.17) is 19.3 Å². The molecule has 0 spiro atoms. The molecule has 1 aliphatic rings. The number of carboxylic acid groups (broad SMARTS) is 1. The fourth-order valence-corrected chi connectivity index (χ4v) is 3.07. The Labute approximate surface area is 188 Å². The lowest BCUT2D eigenvalue weighted by atomic mass is 10.0. The zero-order valence-electron chi connectivity index (χ0n) is 18.2. The molecule has 1 aromatic carbocycles. The van der Waals surface area contributed by atoms with Gasteiger partial charge in [0.2, 0.25) is 0 Å². The summed E-state index contributed by atoms with van der Waals surface area (Å²) >= 11 is 0. The van der Waals surface area contributed by atoms with Gasteiger partial charge in [-0.25, -0.2) is 4.79 Å². The van der Waals surface area contributed by atoms with Gasteiger partial charge >= 0.3 is 12.1 Å². The summed E-state index contributed by atoms with van der Waals surface area (Å²) in [5, 5.41) is 13.9. The fraction of sp³-hybridized carbons (Fsp3) is 0.522. The molecule has 2 rings (SSSR count). The van der Waals surface area contributed by atoms with Gasteiger partial charge in [-0.05, 0) is 56.4 Å². The molecule has 32 heavy (non-hydrogen) atoms. The second-order valence-corrected chi connectivity index (χ2v) is 7.33. The number of hydrogen-bond acceptors (Lipinski definition) is 6. The van der Waals surface area contributed by atoms with E-state index in [0.717, 1.165) is 32.1 Å². The van der Waals surface area contributed by atoms with Gasteiger partial charge < -0.3 is 24.6 Å². The van der Waals surface area contributed by atoms with Gasteiger partial charge in [0, 0.05) is 17.8 Å². The molecule has 0 saturated heterocycles. The normalized spacial score (nSPS) is 16.9. The van der Waals surface area contributed by atoms with Crippen molar-refractivity contribution in [3.63, 3.8) is 0 Å². The molecule has 3 N–H and O–H groups in total. The SMILES string of the molecule is O=C(O)CCOCCOCCNC(=O)c1ccc(NC(=O)OC2CC/C=C/CCC2)cc1. The standard InChI is InChI=1S/C23H32N2O7/c26-21(27)12-14-30-16-17-31-15-13-24-22(28)18-8-10-19(11-9-18)25-23(29)32-20-6-4-2-1-3-5-7-20/h1-2,8-11,20H,3-7,12-17H2,(H,24,28)(H,25,29)(H,26,27)/b2-1+. The summed E-state index contributed by atoms with van der Waals surface area (Å²) in [6.45, 7) is 1.42. The molecule has 0 radical (unpaired) electrons. The summed E-state index contributed by atoms with van der Waals surface area (Å²) in [6, 6.07) is 6.56. The van der Waals surface area contributed by atoms with Crippen molar-refractivity contribution >= 4 is 23.7 Å². The highest BCUT2D eigenvalue weighted by atomic mass is 16.6. The van der Waals surface area contributed by atoms with Crippen molar-refractivity contribution in [2.75, 3.05) is 38.3 Å². The van der Waals surface area contributed by atoms with Crippen LogP contribution >= 0.6 is 0 Å². The minimum atomic E-state index is -0.902. The number of rotatable bonds is 12. The largest absolute Gasteiger partial charge is 0.481 e. The lowest BCUT2D eigenvalue weighted by Gasteiger charge is -2.18. The van der Waals surface area contributed by atoms with Crippen LogP contribution in [0.4, 0.5) is 10.5 Å². The molecule has 9 nitrogen and oxygen atoms in total. The third-order valence-electron chi connectivity index (χ3n) is 4.75. The first-order chi connectivity index (χ1) is 15.5. The number of benzene rings is 1. The molecule has 0 aromatic heterocycles. The molecule has 176 valence electrons. The van der Waals surface area contributed by atoms with Gasteiger partial charge in [-0.3, -0.25) is 14.9 Å². The topological polar surface area (TPSA) is 123 Å². The van der Waals surface area contributed by atoms with Crippen molar-refractivity contribution in [1.29, 1.82) is 0 Å². The smallest absolute Gasteiger partial charge is 0.411 e. The Balaban J connectivity index is 1.60. The van der Waals surface area contributed by atoms with Crippen LogP contribution in [-0.2, 0) is 19.0 Å². The summed E-state index contributed by atoms with van der Waals surface area (Å²) in [6.07, 6.45) is 8.31. The third-order valence-corrected chi connectivity index (χ3v) is 4.75. The molecule has 0 heterocycles. The van der Waals surface area contributed by atoms with Crippen LogP contribution in [0.15, 0.2) is 36.4 Å². The number of carboxylic acids is 1. The van der Waals surface area contributed by atoms with E-state index in [1.54, 1.807) is 24.3 Å². The zero-order valence-corrected chi connectivity index (χ0v) is 18.2. The maximum atomic E-state index is 12.2. The molecule has 1 aromatic rings. The van der Waals surface area contributed by atoms with Gasteiger partial charge in [-0.1, -0.05) is 12.2 Å². The summed E-state index contributed by atoms with van der Waals surface area (Å²) < 4.78 is 15.9. The van der Waals surface area contributed by atoms with Crippen molar-refractivity contribution < 1.29 is 33.7 Å². The third kappa shape index (κ3) is 10.9. The number of nitrogens with one attached hydrogen (secondary N) is 2. The van der Waals surface area contributed by atoms with Gasteiger partial charge in [0.05, 0.1) is 32.8 Å². The van der Waals surface area contributed by atoms with E-state index in [-0.39, 0.29) is 25.0 Å². The minimum Gasteiger partial charge on any atom is -0.481 e. The monoisotopic (exact) mass is 448 g/mol. The first kappa shape index (κ1) is 25.4. The van der Waals surface area contributed by atoms with Gasteiger partial charge in [0.25, 0.3) is 5.91 Å². The highest BCUT2D eigenvalue weighted by Gasteiger charge is 2.15. The average molecular weight is 449 g/mol. The number of carbonyl (C=O) groups is 3. The Morgan fingerprint density at radius 2 is 1.66 bits per heavy atom. The maximum absolute atomic E-state index is 12.2. The zero-order chi connectivity index (χ0) is 23.0. The average Bonchev–Trinajstić information content (AvgIpc) is 2.74. The Morgan fingerprint density at radius 3 is 2.41 bits per heavy atom. The van der Waals surface area contributed by atoms with Crippen LogP contribution in [0.2, 0.25) is 0 Å². The first-order valence-electron chi connectivity index (χ1n) is 10.9. The molecule has 1 aliphatic carbocycles. The van der Waals surface area contributed by atoms with Gasteiger partial charge in [-0.2, -0.15) is 0 Å². The van der Waals surface area contributed by atoms with E-state index in [9.17, 15) is 14.4 Å². The highest BCUT2D eigenvalue weighted by Crippen LogP contribution is 2.17. The lowest BCUT2D eigenvalue weighted by molar-refractivity contribution is -0.138. The van der Waals surface area contributed by atoms with Crippen molar-refractivity contribution in [2.45, 2.75) is 44.6 Å². The highest BCUT2D eigenvalue weighted by molar-refractivity contribution is 5.95. The van der Waals surface area contributed by atoms with Crippen LogP contribution in [0.1, 0.15) is 48.9 Å². The van der Waals surface area contributed by atoms with E-state index >= 15 is 0 Å². The molecule has 9 heteroatoms. The fourth-order valence-electron chi connectivity index (χ4n) is 3.07. The maximum Gasteiger partial charge on any atom is 0.411 e. The number of ether oxygens (including phenoxy) is 3. The van der Waals surface area contributed by atoms with Crippen molar-refractivity contribution in [3.8, 4) is 0 Å². The minimum absolute atomic E-state index is 0.0378. The molecular weight excluding hydrogens is 416 g/mol. The number of allylic oxidation sites excluding steroid dienone is 2. The Hall–Kier alpha value is -2.91. The number of amides is 2. The molecule has 2 amide bonds. The lowest BCUT2D eigenvalue weighted by Crippen LogP contribution is -2.27.